The van der Waals surface area contributed by atoms with Crippen molar-refractivity contribution in [2.45, 2.75) is 19.3 Å². The third-order valence-corrected chi connectivity index (χ3v) is 9.06. The van der Waals surface area contributed by atoms with E-state index in [1.54, 1.807) is 0 Å². The molecule has 3 heteroatoms. The van der Waals surface area contributed by atoms with Crippen LogP contribution in [0.1, 0.15) is 25.0 Å². The second-order valence-corrected chi connectivity index (χ2v) is 11.6. The lowest BCUT2D eigenvalue weighted by molar-refractivity contribution is 0.660. The first kappa shape index (κ1) is 22.6. The van der Waals surface area contributed by atoms with E-state index >= 15 is 0 Å². The van der Waals surface area contributed by atoms with Crippen LogP contribution in [0.25, 0.3) is 71.8 Å². The van der Waals surface area contributed by atoms with E-state index in [0.29, 0.717) is 0 Å². The van der Waals surface area contributed by atoms with Crippen molar-refractivity contribution < 1.29 is 4.42 Å². The first-order chi connectivity index (χ1) is 20.1. The highest BCUT2D eigenvalue weighted by atomic mass is 16.3. The standard InChI is InChI=1S/C38H26N2O/c1-38(2)31-16-13-23(24-14-18-35-30(21-24)37-36(41-35)12-7-19-39-37)20-28(31)29-22-25(15-17-32(29)38)40-33-10-5-3-8-26(33)27-9-4-6-11-34(27)40/h3-22H,1-2H3. The van der Waals surface area contributed by atoms with Crippen LogP contribution in [0.15, 0.2) is 126 Å². The van der Waals surface area contributed by atoms with Gasteiger partial charge >= 0.3 is 0 Å². The summed E-state index contributed by atoms with van der Waals surface area (Å²) in [5.74, 6) is 0. The van der Waals surface area contributed by atoms with Crippen molar-refractivity contribution in [3.8, 4) is 27.9 Å². The van der Waals surface area contributed by atoms with Gasteiger partial charge in [0.05, 0.1) is 11.0 Å². The van der Waals surface area contributed by atoms with Crippen LogP contribution in [0.4, 0.5) is 0 Å². The molecule has 0 saturated carbocycles. The summed E-state index contributed by atoms with van der Waals surface area (Å²) in [5, 5.41) is 3.61. The predicted molar refractivity (Wildman–Crippen MR) is 169 cm³/mol. The van der Waals surface area contributed by atoms with Gasteiger partial charge in [-0.05, 0) is 88.0 Å². The average molecular weight is 527 g/mol. The zero-order valence-corrected chi connectivity index (χ0v) is 22.8. The van der Waals surface area contributed by atoms with Crippen molar-refractivity contribution in [2.24, 2.45) is 0 Å². The van der Waals surface area contributed by atoms with E-state index in [0.717, 1.165) is 22.1 Å². The molecule has 5 aromatic carbocycles. The lowest BCUT2D eigenvalue weighted by atomic mass is 9.82. The summed E-state index contributed by atoms with van der Waals surface area (Å²) in [4.78, 5) is 4.59. The number of fused-ring (bicyclic) bond motifs is 9. The molecule has 0 fully saturated rings. The minimum atomic E-state index is -0.0722. The highest BCUT2D eigenvalue weighted by molar-refractivity contribution is 6.09. The Morgan fingerprint density at radius 1 is 0.585 bits per heavy atom. The number of hydrogen-bond acceptors (Lipinski definition) is 2. The summed E-state index contributed by atoms with van der Waals surface area (Å²) in [5.41, 5.74) is 13.9. The van der Waals surface area contributed by atoms with Crippen LogP contribution in [0, 0.1) is 0 Å². The molecule has 0 radical (unpaired) electrons. The second kappa shape index (κ2) is 7.96. The van der Waals surface area contributed by atoms with Crippen LogP contribution in [-0.4, -0.2) is 9.55 Å². The predicted octanol–water partition coefficient (Wildman–Crippen LogP) is 10.1. The van der Waals surface area contributed by atoms with Crippen molar-refractivity contribution in [3.05, 3.63) is 133 Å². The van der Waals surface area contributed by atoms with E-state index in [-0.39, 0.29) is 5.41 Å². The van der Waals surface area contributed by atoms with Gasteiger partial charge in [-0.2, -0.15) is 0 Å². The molecule has 0 saturated heterocycles. The quantitative estimate of drug-likeness (QED) is 0.224. The van der Waals surface area contributed by atoms with E-state index in [2.05, 4.69) is 127 Å². The van der Waals surface area contributed by atoms with Crippen LogP contribution < -0.4 is 0 Å². The molecule has 0 aliphatic heterocycles. The smallest absolute Gasteiger partial charge is 0.153 e. The van der Waals surface area contributed by atoms with Gasteiger partial charge in [-0.3, -0.25) is 4.98 Å². The summed E-state index contributed by atoms with van der Waals surface area (Å²) in [6, 6.07) is 41.7. The Morgan fingerprint density at radius 2 is 1.24 bits per heavy atom. The van der Waals surface area contributed by atoms with Gasteiger partial charge < -0.3 is 8.98 Å². The molecule has 9 rings (SSSR count). The fourth-order valence-corrected chi connectivity index (χ4v) is 7.05. The monoisotopic (exact) mass is 526 g/mol. The molecule has 0 N–H and O–H groups in total. The minimum Gasteiger partial charge on any atom is -0.454 e. The van der Waals surface area contributed by atoms with E-state index in [1.165, 1.54) is 60.9 Å². The molecular formula is C38H26N2O. The summed E-state index contributed by atoms with van der Waals surface area (Å²) in [6.07, 6.45) is 1.83. The molecule has 194 valence electrons. The zero-order valence-electron chi connectivity index (χ0n) is 22.8. The van der Waals surface area contributed by atoms with Gasteiger partial charge in [-0.1, -0.05) is 74.5 Å². The van der Waals surface area contributed by atoms with E-state index in [4.69, 9.17) is 4.42 Å². The molecule has 0 amide bonds. The Kier molecular flexibility index (Phi) is 4.39. The Morgan fingerprint density at radius 3 is 2.02 bits per heavy atom. The van der Waals surface area contributed by atoms with Gasteiger partial charge in [-0.25, -0.2) is 0 Å². The maximum absolute atomic E-state index is 6.04. The van der Waals surface area contributed by atoms with Crippen molar-refractivity contribution in [2.75, 3.05) is 0 Å². The van der Waals surface area contributed by atoms with Crippen LogP contribution in [0.2, 0.25) is 0 Å². The molecule has 0 unspecified atom stereocenters. The molecule has 3 aromatic heterocycles. The summed E-state index contributed by atoms with van der Waals surface area (Å²) in [6.45, 7) is 4.68. The fraction of sp³-hybridized carbons (Fsp3) is 0.0789. The number of furan rings is 1. The maximum atomic E-state index is 6.04. The Hall–Kier alpha value is -5.15. The average Bonchev–Trinajstić information content (AvgIpc) is 3.62. The molecule has 0 bridgehead atoms. The normalized spacial score (nSPS) is 13.8. The molecule has 0 spiro atoms. The second-order valence-electron chi connectivity index (χ2n) is 11.6. The molecule has 0 atom stereocenters. The van der Waals surface area contributed by atoms with Crippen molar-refractivity contribution in [1.82, 2.24) is 9.55 Å². The topological polar surface area (TPSA) is 31.0 Å². The van der Waals surface area contributed by atoms with Gasteiger partial charge in [0.25, 0.3) is 0 Å². The van der Waals surface area contributed by atoms with E-state index in [9.17, 15) is 0 Å². The Bertz CT molecular complexity index is 2300. The van der Waals surface area contributed by atoms with Gasteiger partial charge in [0.1, 0.15) is 11.1 Å². The highest BCUT2D eigenvalue weighted by Gasteiger charge is 2.36. The van der Waals surface area contributed by atoms with Crippen LogP contribution in [0.5, 0.6) is 0 Å². The van der Waals surface area contributed by atoms with E-state index < -0.39 is 0 Å². The summed E-state index contributed by atoms with van der Waals surface area (Å²) in [7, 11) is 0. The summed E-state index contributed by atoms with van der Waals surface area (Å²) < 4.78 is 8.44. The number of nitrogens with zero attached hydrogens (tertiary/aromatic N) is 2. The van der Waals surface area contributed by atoms with Crippen molar-refractivity contribution in [3.63, 3.8) is 0 Å². The highest BCUT2D eigenvalue weighted by Crippen LogP contribution is 2.50. The third kappa shape index (κ3) is 3.06. The van der Waals surface area contributed by atoms with Crippen LogP contribution in [-0.2, 0) is 5.41 Å². The molecule has 3 nitrogen and oxygen atoms in total. The Labute approximate surface area is 237 Å². The number of aromatic nitrogens is 2. The lowest BCUT2D eigenvalue weighted by Gasteiger charge is -2.22. The number of hydrogen-bond donors (Lipinski definition) is 0. The molecule has 8 aromatic rings. The fourth-order valence-electron chi connectivity index (χ4n) is 7.05. The van der Waals surface area contributed by atoms with Crippen LogP contribution >= 0.6 is 0 Å². The number of rotatable bonds is 2. The molecular weight excluding hydrogens is 500 g/mol. The molecule has 1 aliphatic rings. The number of para-hydroxylation sites is 2. The molecule has 3 heterocycles. The number of pyridine rings is 1. The van der Waals surface area contributed by atoms with Gasteiger partial charge in [0.2, 0.25) is 0 Å². The van der Waals surface area contributed by atoms with Crippen molar-refractivity contribution >= 4 is 43.9 Å². The van der Waals surface area contributed by atoms with E-state index in [1.807, 2.05) is 18.3 Å². The largest absolute Gasteiger partial charge is 0.454 e. The van der Waals surface area contributed by atoms with Gasteiger partial charge in [0.15, 0.2) is 5.58 Å². The Balaban J connectivity index is 1.25. The SMILES string of the molecule is CC1(C)c2ccc(-c3ccc4oc5cccnc5c4c3)cc2-c2cc(-n3c4ccccc4c4ccccc43)ccc21. The molecule has 41 heavy (non-hydrogen) atoms. The maximum Gasteiger partial charge on any atom is 0.153 e. The van der Waals surface area contributed by atoms with Gasteiger partial charge in [-0.15, -0.1) is 0 Å². The first-order valence-corrected chi connectivity index (χ1v) is 14.1. The zero-order chi connectivity index (χ0) is 27.3. The number of benzene rings is 5. The first-order valence-electron chi connectivity index (χ1n) is 14.1. The molecule has 1 aliphatic carbocycles. The summed E-state index contributed by atoms with van der Waals surface area (Å²) >= 11 is 0. The third-order valence-electron chi connectivity index (χ3n) is 9.06. The van der Waals surface area contributed by atoms with Crippen LogP contribution in [0.3, 0.4) is 0 Å². The van der Waals surface area contributed by atoms with Crippen molar-refractivity contribution in [1.29, 1.82) is 0 Å². The van der Waals surface area contributed by atoms with Gasteiger partial charge in [0, 0.05) is 33.5 Å². The minimum absolute atomic E-state index is 0.0722. The lowest BCUT2D eigenvalue weighted by Crippen LogP contribution is -2.14.